The minimum absolute atomic E-state index is 0.0648. The molecule has 1 saturated heterocycles. The second-order valence-corrected chi connectivity index (χ2v) is 6.38. The Labute approximate surface area is 131 Å². The molecular weight excluding hydrogens is 280 g/mol. The number of anilines is 2. The van der Waals surface area contributed by atoms with Crippen LogP contribution < -0.4 is 10.2 Å². The van der Waals surface area contributed by atoms with Crippen LogP contribution in [0, 0.1) is 11.8 Å². The molecule has 120 valence electrons. The molecular formula is C16H24N4O2. The van der Waals surface area contributed by atoms with Crippen LogP contribution in [0.2, 0.25) is 0 Å². The molecule has 22 heavy (non-hydrogen) atoms. The van der Waals surface area contributed by atoms with Crippen molar-refractivity contribution in [3.05, 3.63) is 18.3 Å². The minimum Gasteiger partial charge on any atom is -0.363 e. The highest BCUT2D eigenvalue weighted by molar-refractivity contribution is 5.97. The third kappa shape index (κ3) is 3.96. The van der Waals surface area contributed by atoms with Crippen LogP contribution in [-0.2, 0) is 9.59 Å². The van der Waals surface area contributed by atoms with E-state index in [9.17, 15) is 9.59 Å². The van der Waals surface area contributed by atoms with Crippen molar-refractivity contribution < 1.29 is 9.59 Å². The zero-order chi connectivity index (χ0) is 16.3. The van der Waals surface area contributed by atoms with Gasteiger partial charge in [-0.1, -0.05) is 13.8 Å². The second-order valence-electron chi connectivity index (χ2n) is 6.38. The van der Waals surface area contributed by atoms with Gasteiger partial charge in [-0.2, -0.15) is 0 Å². The lowest BCUT2D eigenvalue weighted by Crippen LogP contribution is -2.31. The molecule has 2 amide bonds. The van der Waals surface area contributed by atoms with Crippen LogP contribution in [0.15, 0.2) is 18.3 Å². The smallest absolute Gasteiger partial charge is 0.229 e. The van der Waals surface area contributed by atoms with Crippen LogP contribution in [0.4, 0.5) is 11.5 Å². The van der Waals surface area contributed by atoms with Crippen molar-refractivity contribution >= 4 is 23.3 Å². The summed E-state index contributed by atoms with van der Waals surface area (Å²) in [5.41, 5.74) is 0.658. The number of nitrogens with zero attached hydrogens (tertiary/aromatic N) is 3. The van der Waals surface area contributed by atoms with E-state index in [0.717, 1.165) is 5.82 Å². The molecule has 0 bridgehead atoms. The fraction of sp³-hybridized carbons (Fsp3) is 0.562. The summed E-state index contributed by atoms with van der Waals surface area (Å²) in [6.07, 6.45) is 1.93. The molecule has 0 saturated carbocycles. The monoisotopic (exact) mass is 304 g/mol. The molecule has 6 heteroatoms. The summed E-state index contributed by atoms with van der Waals surface area (Å²) in [4.78, 5) is 32.1. The van der Waals surface area contributed by atoms with Gasteiger partial charge < -0.3 is 15.1 Å². The van der Waals surface area contributed by atoms with Crippen molar-refractivity contribution in [1.82, 2.24) is 9.88 Å². The molecule has 2 rings (SSSR count). The SMILES string of the molecule is CC(C)CN1C[C@H](C(=O)Nc2ccc(N(C)C)nc2)CC1=O. The number of carbonyl (C=O) groups is 2. The van der Waals surface area contributed by atoms with E-state index < -0.39 is 0 Å². The standard InChI is InChI=1S/C16H24N4O2/c1-11(2)9-20-10-12(7-15(20)21)16(22)18-13-5-6-14(17-8-13)19(3)4/h5-6,8,11-12H,7,9-10H2,1-4H3,(H,18,22)/t12-/m1/s1. The van der Waals surface area contributed by atoms with Gasteiger partial charge in [0.25, 0.3) is 0 Å². The molecule has 1 aliphatic rings. The summed E-state index contributed by atoms with van der Waals surface area (Å²) in [6.45, 7) is 5.35. The summed E-state index contributed by atoms with van der Waals surface area (Å²) in [7, 11) is 3.82. The summed E-state index contributed by atoms with van der Waals surface area (Å²) in [6, 6.07) is 3.67. The molecule has 1 atom stereocenters. The van der Waals surface area contributed by atoms with E-state index in [1.165, 1.54) is 0 Å². The van der Waals surface area contributed by atoms with Crippen LogP contribution in [0.3, 0.4) is 0 Å². The van der Waals surface area contributed by atoms with Gasteiger partial charge in [0.05, 0.1) is 17.8 Å². The first-order chi connectivity index (χ1) is 10.4. The number of hydrogen-bond donors (Lipinski definition) is 1. The first-order valence-electron chi connectivity index (χ1n) is 7.59. The Morgan fingerprint density at radius 2 is 2.18 bits per heavy atom. The molecule has 0 spiro atoms. The van der Waals surface area contributed by atoms with E-state index in [-0.39, 0.29) is 17.7 Å². The lowest BCUT2D eigenvalue weighted by atomic mass is 10.1. The topological polar surface area (TPSA) is 65.5 Å². The molecule has 1 aliphatic heterocycles. The average molecular weight is 304 g/mol. The quantitative estimate of drug-likeness (QED) is 0.897. The molecule has 0 aromatic carbocycles. The highest BCUT2D eigenvalue weighted by Gasteiger charge is 2.34. The fourth-order valence-electron chi connectivity index (χ4n) is 2.53. The number of pyridine rings is 1. The van der Waals surface area contributed by atoms with Crippen LogP contribution in [0.1, 0.15) is 20.3 Å². The van der Waals surface area contributed by atoms with E-state index in [2.05, 4.69) is 24.1 Å². The van der Waals surface area contributed by atoms with E-state index in [0.29, 0.717) is 31.1 Å². The van der Waals surface area contributed by atoms with Crippen molar-refractivity contribution in [3.8, 4) is 0 Å². The van der Waals surface area contributed by atoms with Crippen molar-refractivity contribution in [2.75, 3.05) is 37.4 Å². The van der Waals surface area contributed by atoms with Gasteiger partial charge >= 0.3 is 0 Å². The zero-order valence-electron chi connectivity index (χ0n) is 13.7. The summed E-state index contributed by atoms with van der Waals surface area (Å²) in [5.74, 6) is 0.916. The molecule has 0 aliphatic carbocycles. The number of rotatable bonds is 5. The van der Waals surface area contributed by atoms with Gasteiger partial charge in [0, 0.05) is 33.6 Å². The Morgan fingerprint density at radius 3 is 2.73 bits per heavy atom. The summed E-state index contributed by atoms with van der Waals surface area (Å²) >= 11 is 0. The van der Waals surface area contributed by atoms with Gasteiger partial charge in [-0.15, -0.1) is 0 Å². The lowest BCUT2D eigenvalue weighted by molar-refractivity contribution is -0.128. The number of amides is 2. The lowest BCUT2D eigenvalue weighted by Gasteiger charge is -2.18. The van der Waals surface area contributed by atoms with Crippen LogP contribution in [0.25, 0.3) is 0 Å². The highest BCUT2D eigenvalue weighted by atomic mass is 16.2. The van der Waals surface area contributed by atoms with Gasteiger partial charge in [0.1, 0.15) is 5.82 Å². The third-order valence-corrected chi connectivity index (χ3v) is 3.64. The Balaban J connectivity index is 1.94. The Hall–Kier alpha value is -2.11. The maximum absolute atomic E-state index is 12.3. The van der Waals surface area contributed by atoms with E-state index in [4.69, 9.17) is 0 Å². The molecule has 0 radical (unpaired) electrons. The number of carbonyl (C=O) groups excluding carboxylic acids is 2. The maximum atomic E-state index is 12.3. The van der Waals surface area contributed by atoms with Crippen molar-refractivity contribution in [2.24, 2.45) is 11.8 Å². The first kappa shape index (κ1) is 16.3. The molecule has 1 N–H and O–H groups in total. The Kier molecular flexibility index (Phi) is 5.00. The van der Waals surface area contributed by atoms with Crippen LogP contribution >= 0.6 is 0 Å². The number of aromatic nitrogens is 1. The van der Waals surface area contributed by atoms with Crippen LogP contribution in [0.5, 0.6) is 0 Å². The molecule has 1 aromatic heterocycles. The first-order valence-corrected chi connectivity index (χ1v) is 7.59. The van der Waals surface area contributed by atoms with Crippen molar-refractivity contribution in [3.63, 3.8) is 0 Å². The van der Waals surface area contributed by atoms with Gasteiger partial charge in [0.15, 0.2) is 0 Å². The van der Waals surface area contributed by atoms with Gasteiger partial charge in [-0.3, -0.25) is 9.59 Å². The van der Waals surface area contributed by atoms with Crippen molar-refractivity contribution in [2.45, 2.75) is 20.3 Å². The number of likely N-dealkylation sites (tertiary alicyclic amines) is 1. The van der Waals surface area contributed by atoms with E-state index in [1.807, 2.05) is 31.1 Å². The number of hydrogen-bond acceptors (Lipinski definition) is 4. The molecule has 1 aromatic rings. The minimum atomic E-state index is -0.278. The number of nitrogens with one attached hydrogen (secondary N) is 1. The van der Waals surface area contributed by atoms with Gasteiger partial charge in [0.2, 0.25) is 11.8 Å². The summed E-state index contributed by atoms with van der Waals surface area (Å²) < 4.78 is 0. The van der Waals surface area contributed by atoms with Crippen LogP contribution in [-0.4, -0.2) is 48.9 Å². The molecule has 1 fully saturated rings. The molecule has 0 unspecified atom stereocenters. The average Bonchev–Trinajstić information content (AvgIpc) is 2.80. The van der Waals surface area contributed by atoms with E-state index in [1.54, 1.807) is 11.1 Å². The van der Waals surface area contributed by atoms with E-state index >= 15 is 0 Å². The predicted molar refractivity (Wildman–Crippen MR) is 86.7 cm³/mol. The second kappa shape index (κ2) is 6.77. The third-order valence-electron chi connectivity index (χ3n) is 3.64. The summed E-state index contributed by atoms with van der Waals surface area (Å²) in [5, 5.41) is 2.85. The largest absolute Gasteiger partial charge is 0.363 e. The highest BCUT2D eigenvalue weighted by Crippen LogP contribution is 2.21. The molecule has 2 heterocycles. The Bertz CT molecular complexity index is 540. The van der Waals surface area contributed by atoms with Crippen molar-refractivity contribution in [1.29, 1.82) is 0 Å². The Morgan fingerprint density at radius 1 is 1.45 bits per heavy atom. The fourth-order valence-corrected chi connectivity index (χ4v) is 2.53. The molecule has 6 nitrogen and oxygen atoms in total. The maximum Gasteiger partial charge on any atom is 0.229 e. The van der Waals surface area contributed by atoms with Gasteiger partial charge in [-0.25, -0.2) is 4.98 Å². The predicted octanol–water partition coefficient (Wildman–Crippen LogP) is 1.59. The van der Waals surface area contributed by atoms with Gasteiger partial charge in [-0.05, 0) is 18.1 Å². The normalized spacial score (nSPS) is 18.0. The zero-order valence-corrected chi connectivity index (χ0v) is 13.7.